The summed E-state index contributed by atoms with van der Waals surface area (Å²) in [4.78, 5) is 15.0. The Balaban J connectivity index is 0.773. The number of hydrogen-bond acceptors (Lipinski definition) is 4. The molecule has 0 aliphatic heterocycles. The van der Waals surface area contributed by atoms with Gasteiger partial charge in [-0.05, 0) is 181 Å². The molecule has 0 atom stereocenters. The maximum Gasteiger partial charge on any atom is 0.0971 e. The lowest BCUT2D eigenvalue weighted by Crippen LogP contribution is -2.11. The van der Waals surface area contributed by atoms with Crippen LogP contribution < -0.4 is 9.80 Å². The van der Waals surface area contributed by atoms with Crippen molar-refractivity contribution in [3.8, 4) is 22.7 Å². The Morgan fingerprint density at radius 1 is 0.177 bits per heavy atom. The molecule has 0 spiro atoms. The second-order valence-corrected chi connectivity index (χ2v) is 24.9. The monoisotopic (exact) mass is 1220 g/mol. The molecule has 5 heterocycles. The molecule has 0 aliphatic carbocycles. The number of aromatic nitrogens is 6. The number of anilines is 6. The fourth-order valence-electron chi connectivity index (χ4n) is 15.6. The van der Waals surface area contributed by atoms with Gasteiger partial charge in [0.1, 0.15) is 0 Å². The van der Waals surface area contributed by atoms with Gasteiger partial charge in [0.05, 0.1) is 55.2 Å². The fourth-order valence-corrected chi connectivity index (χ4v) is 15.6. The van der Waals surface area contributed by atoms with Crippen LogP contribution in [0.5, 0.6) is 0 Å². The molecule has 0 amide bonds. The van der Waals surface area contributed by atoms with Crippen LogP contribution in [0.3, 0.4) is 0 Å². The first-order valence-corrected chi connectivity index (χ1v) is 32.7. The zero-order chi connectivity index (χ0) is 63.0. The Morgan fingerprint density at radius 2 is 0.375 bits per heavy atom. The van der Waals surface area contributed by atoms with E-state index in [0.717, 1.165) is 89.5 Å². The molecule has 15 aromatic carbocycles. The summed E-state index contributed by atoms with van der Waals surface area (Å²) >= 11 is 0. The largest absolute Gasteiger partial charge is 0.310 e. The predicted octanol–water partition coefficient (Wildman–Crippen LogP) is 23.3. The SMILES string of the molecule is c1ccc2c(c1)c1ccccc1n2-c1ccc(N(c2ccc(-n3c4ccccc4c4ccccc43)cc2)c2ccc3c(c2)c2cc(N(c4ccc(-n5c6ccccc6c6ccccc65)cc4)c4ccc(-n5c6ccccc6c6ccccc65)cc4)ccc2c2nccnc32)cc1. The van der Waals surface area contributed by atoms with Gasteiger partial charge in [-0.1, -0.05) is 158 Å². The number of nitrogens with zero attached hydrogens (tertiary/aromatic N) is 8. The normalized spacial score (nSPS) is 12.0. The quantitative estimate of drug-likeness (QED) is 0.128. The predicted molar refractivity (Wildman–Crippen MR) is 401 cm³/mol. The summed E-state index contributed by atoms with van der Waals surface area (Å²) in [7, 11) is 0. The molecule has 0 saturated carbocycles. The molecule has 0 saturated heterocycles. The maximum absolute atomic E-state index is 5.10. The van der Waals surface area contributed by atoms with Gasteiger partial charge in [-0.15, -0.1) is 0 Å². The van der Waals surface area contributed by atoms with E-state index >= 15 is 0 Å². The van der Waals surface area contributed by atoms with E-state index in [4.69, 9.17) is 9.97 Å². The van der Waals surface area contributed by atoms with Gasteiger partial charge in [0, 0.05) is 123 Å². The molecule has 448 valence electrons. The summed E-state index contributed by atoms with van der Waals surface area (Å²) in [5.74, 6) is 0. The van der Waals surface area contributed by atoms with Crippen molar-refractivity contribution in [2.45, 2.75) is 0 Å². The zero-order valence-electron chi connectivity index (χ0n) is 51.9. The Kier molecular flexibility index (Phi) is 11.9. The van der Waals surface area contributed by atoms with Crippen molar-refractivity contribution in [1.82, 2.24) is 28.2 Å². The average Bonchev–Trinajstić information content (AvgIpc) is 0.931. The molecule has 8 heteroatoms. The van der Waals surface area contributed by atoms with E-state index < -0.39 is 0 Å². The van der Waals surface area contributed by atoms with E-state index in [-0.39, 0.29) is 0 Å². The molecular formula is C88H56N8. The van der Waals surface area contributed by atoms with Gasteiger partial charge >= 0.3 is 0 Å². The highest BCUT2D eigenvalue weighted by atomic mass is 15.2. The van der Waals surface area contributed by atoms with Crippen molar-refractivity contribution in [2.24, 2.45) is 0 Å². The molecular weight excluding hydrogens is 1170 g/mol. The summed E-state index contributed by atoms with van der Waals surface area (Å²) in [6.45, 7) is 0. The number of rotatable bonds is 10. The fraction of sp³-hybridized carbons (Fsp3) is 0. The second-order valence-electron chi connectivity index (χ2n) is 24.9. The van der Waals surface area contributed by atoms with Crippen LogP contribution in [0.25, 0.3) is 143 Å². The Morgan fingerprint density at radius 3 is 0.594 bits per heavy atom. The van der Waals surface area contributed by atoms with Gasteiger partial charge in [0.2, 0.25) is 0 Å². The first-order chi connectivity index (χ1) is 47.6. The molecule has 8 nitrogen and oxygen atoms in total. The van der Waals surface area contributed by atoms with Crippen molar-refractivity contribution < 1.29 is 0 Å². The highest BCUT2D eigenvalue weighted by Crippen LogP contribution is 2.46. The van der Waals surface area contributed by atoms with Gasteiger partial charge in [-0.3, -0.25) is 9.97 Å². The van der Waals surface area contributed by atoms with Crippen LogP contribution in [-0.2, 0) is 0 Å². The van der Waals surface area contributed by atoms with E-state index in [2.05, 4.69) is 356 Å². The van der Waals surface area contributed by atoms with E-state index in [1.54, 1.807) is 0 Å². The van der Waals surface area contributed by atoms with Crippen molar-refractivity contribution in [2.75, 3.05) is 9.80 Å². The third kappa shape index (κ3) is 8.15. The molecule has 0 bridgehead atoms. The van der Waals surface area contributed by atoms with Gasteiger partial charge in [-0.25, -0.2) is 0 Å². The third-order valence-electron chi connectivity index (χ3n) is 19.8. The number of fused-ring (bicyclic) bond motifs is 18. The summed E-state index contributed by atoms with van der Waals surface area (Å²) in [5, 5.41) is 14.0. The minimum absolute atomic E-state index is 0.857. The standard InChI is InChI=1S/C88H56N8/c1-9-25-79-67(17-1)68-18-2-10-26-80(68)93(79)61-41-33-57(34-42-61)91(58-35-43-62(44-36-58)94-81-27-11-3-19-69(81)70-20-4-12-28-82(70)94)65-49-51-75-77(55-65)78-56-66(50-52-76(78)88-87(75)89-53-54-90-88)92(59-37-45-63(46-38-59)95-83-29-13-5-21-71(83)72-22-6-14-30-84(72)95)60-39-47-64(48-40-60)96-85-31-15-7-23-73(85)74-24-8-16-32-86(74)96/h1-56H. The van der Waals surface area contributed by atoms with Gasteiger partial charge in [-0.2, -0.15) is 0 Å². The van der Waals surface area contributed by atoms with Crippen LogP contribution in [-0.4, -0.2) is 28.2 Å². The third-order valence-corrected chi connectivity index (χ3v) is 19.8. The summed E-state index contributed by atoms with van der Waals surface area (Å²) in [6, 6.07) is 120. The molecule has 0 radical (unpaired) electrons. The van der Waals surface area contributed by atoms with Crippen LogP contribution in [0.4, 0.5) is 34.1 Å². The van der Waals surface area contributed by atoms with Gasteiger partial charge < -0.3 is 28.1 Å². The molecule has 0 N–H and O–H groups in total. The average molecular weight is 1230 g/mol. The Labute approximate surface area is 551 Å². The first kappa shape index (κ1) is 53.6. The molecule has 96 heavy (non-hydrogen) atoms. The maximum atomic E-state index is 5.10. The molecule has 20 aromatic rings. The molecule has 0 unspecified atom stereocenters. The van der Waals surface area contributed by atoms with Crippen molar-refractivity contribution >= 4 is 154 Å². The van der Waals surface area contributed by atoms with Gasteiger partial charge in [0.15, 0.2) is 0 Å². The summed E-state index contributed by atoms with van der Waals surface area (Å²) in [6.07, 6.45) is 3.63. The van der Waals surface area contributed by atoms with E-state index in [1.807, 2.05) is 12.4 Å². The summed E-state index contributed by atoms with van der Waals surface area (Å²) < 4.78 is 9.53. The number of para-hydroxylation sites is 8. The van der Waals surface area contributed by atoms with Crippen LogP contribution in [0.15, 0.2) is 340 Å². The molecule has 0 aliphatic rings. The first-order valence-electron chi connectivity index (χ1n) is 32.7. The van der Waals surface area contributed by atoms with Crippen LogP contribution in [0, 0.1) is 0 Å². The minimum atomic E-state index is 0.857. The minimum Gasteiger partial charge on any atom is -0.310 e. The van der Waals surface area contributed by atoms with Crippen molar-refractivity contribution in [3.63, 3.8) is 0 Å². The van der Waals surface area contributed by atoms with Crippen LogP contribution in [0.1, 0.15) is 0 Å². The molecule has 0 fully saturated rings. The second kappa shape index (κ2) is 21.3. The zero-order valence-corrected chi connectivity index (χ0v) is 51.9. The van der Waals surface area contributed by atoms with Crippen molar-refractivity contribution in [3.05, 3.63) is 340 Å². The van der Waals surface area contributed by atoms with Crippen LogP contribution in [0.2, 0.25) is 0 Å². The smallest absolute Gasteiger partial charge is 0.0971 e. The lowest BCUT2D eigenvalue weighted by Gasteiger charge is -2.28. The van der Waals surface area contributed by atoms with Gasteiger partial charge in [0.25, 0.3) is 0 Å². The lowest BCUT2D eigenvalue weighted by molar-refractivity contribution is 1.17. The van der Waals surface area contributed by atoms with Crippen LogP contribution >= 0.6 is 0 Å². The Bertz CT molecular complexity index is 5590. The molecule has 20 rings (SSSR count). The highest BCUT2D eigenvalue weighted by molar-refractivity contribution is 6.24. The summed E-state index contributed by atoms with van der Waals surface area (Å²) in [5.41, 5.74) is 21.6. The van der Waals surface area contributed by atoms with E-state index in [1.165, 1.54) is 87.2 Å². The Hall–Kier alpha value is -13.0. The van der Waals surface area contributed by atoms with E-state index in [9.17, 15) is 0 Å². The highest BCUT2D eigenvalue weighted by Gasteiger charge is 2.23. The topological polar surface area (TPSA) is 52.0 Å². The number of benzene rings is 15. The number of hydrogen-bond donors (Lipinski definition) is 0. The van der Waals surface area contributed by atoms with Crippen molar-refractivity contribution in [1.29, 1.82) is 0 Å². The van der Waals surface area contributed by atoms with E-state index in [0.29, 0.717) is 0 Å². The lowest BCUT2D eigenvalue weighted by atomic mass is 9.97. The molecule has 5 aromatic heterocycles.